The molecule has 1 saturated heterocycles. The van der Waals surface area contributed by atoms with Crippen LogP contribution in [0, 0.1) is 0 Å². The maximum absolute atomic E-state index is 5.94. The van der Waals surface area contributed by atoms with Crippen molar-refractivity contribution in [1.29, 1.82) is 0 Å². The molecule has 0 aromatic heterocycles. The molecule has 0 atom stereocenters. The minimum absolute atomic E-state index is 0.163. The van der Waals surface area contributed by atoms with Gasteiger partial charge >= 0.3 is 0 Å². The summed E-state index contributed by atoms with van der Waals surface area (Å²) in [5.41, 5.74) is 2.77. The molecule has 2 heteroatoms. The van der Waals surface area contributed by atoms with Gasteiger partial charge in [-0.25, -0.2) is 0 Å². The lowest BCUT2D eigenvalue weighted by atomic mass is 9.76. The predicted octanol–water partition coefficient (Wildman–Crippen LogP) is 2.74. The van der Waals surface area contributed by atoms with E-state index in [1.54, 1.807) is 0 Å². The van der Waals surface area contributed by atoms with Gasteiger partial charge in [0.1, 0.15) is 0 Å². The van der Waals surface area contributed by atoms with E-state index in [1.807, 2.05) is 6.07 Å². The first-order valence-electron chi connectivity index (χ1n) is 6.77. The summed E-state index contributed by atoms with van der Waals surface area (Å²) in [5.74, 6) is 0. The lowest BCUT2D eigenvalue weighted by Gasteiger charge is -2.43. The van der Waals surface area contributed by atoms with Crippen molar-refractivity contribution in [3.63, 3.8) is 0 Å². The molecule has 0 amide bonds. The van der Waals surface area contributed by atoms with Gasteiger partial charge in [-0.2, -0.15) is 0 Å². The van der Waals surface area contributed by atoms with Gasteiger partial charge in [0.25, 0.3) is 0 Å². The van der Waals surface area contributed by atoms with Gasteiger partial charge in [0.15, 0.2) is 0 Å². The zero-order valence-electron chi connectivity index (χ0n) is 11.0. The quantitative estimate of drug-likeness (QED) is 0.884. The largest absolute Gasteiger partial charge is 0.376 e. The smallest absolute Gasteiger partial charge is 0.0717 e. The number of hydrogen-bond donors (Lipinski definition) is 1. The molecule has 1 aliphatic rings. The molecule has 19 heavy (non-hydrogen) atoms. The molecule has 98 valence electrons. The Morgan fingerprint density at radius 1 is 0.895 bits per heavy atom. The average molecular weight is 253 g/mol. The van der Waals surface area contributed by atoms with E-state index in [9.17, 15) is 0 Å². The van der Waals surface area contributed by atoms with Gasteiger partial charge in [-0.15, -0.1) is 0 Å². The van der Waals surface area contributed by atoms with Gasteiger partial charge in [0, 0.05) is 18.5 Å². The highest BCUT2D eigenvalue weighted by Gasteiger charge is 2.38. The summed E-state index contributed by atoms with van der Waals surface area (Å²) in [6.45, 7) is 3.48. The molecule has 2 aromatic carbocycles. The Morgan fingerprint density at radius 3 is 2.11 bits per heavy atom. The first-order chi connectivity index (χ1) is 9.39. The van der Waals surface area contributed by atoms with Crippen LogP contribution in [-0.4, -0.2) is 19.7 Å². The summed E-state index contributed by atoms with van der Waals surface area (Å²) in [6.07, 6.45) is 0. The van der Waals surface area contributed by atoms with Gasteiger partial charge in [-0.3, -0.25) is 0 Å². The SMILES string of the molecule is c1ccc(COCC2(c3ccccc3)CNC2)cc1. The van der Waals surface area contributed by atoms with Gasteiger partial charge in [-0.1, -0.05) is 60.7 Å². The highest BCUT2D eigenvalue weighted by molar-refractivity contribution is 5.29. The molecule has 0 spiro atoms. The van der Waals surface area contributed by atoms with E-state index in [4.69, 9.17) is 4.74 Å². The van der Waals surface area contributed by atoms with Gasteiger partial charge in [0.2, 0.25) is 0 Å². The van der Waals surface area contributed by atoms with E-state index < -0.39 is 0 Å². The highest BCUT2D eigenvalue weighted by Crippen LogP contribution is 2.29. The fraction of sp³-hybridized carbons (Fsp3) is 0.294. The van der Waals surface area contributed by atoms with E-state index >= 15 is 0 Å². The predicted molar refractivity (Wildman–Crippen MR) is 77.1 cm³/mol. The minimum atomic E-state index is 0.163. The highest BCUT2D eigenvalue weighted by atomic mass is 16.5. The molecule has 3 rings (SSSR count). The van der Waals surface area contributed by atoms with Crippen molar-refractivity contribution < 1.29 is 4.74 Å². The summed E-state index contributed by atoms with van der Waals surface area (Å²) in [5, 5.41) is 3.37. The van der Waals surface area contributed by atoms with Crippen LogP contribution in [0.3, 0.4) is 0 Å². The summed E-state index contributed by atoms with van der Waals surface area (Å²) < 4.78 is 5.94. The molecule has 2 aromatic rings. The van der Waals surface area contributed by atoms with Crippen molar-refractivity contribution in [3.8, 4) is 0 Å². The molecule has 0 radical (unpaired) electrons. The Kier molecular flexibility index (Phi) is 3.62. The van der Waals surface area contributed by atoms with Crippen LogP contribution in [0.15, 0.2) is 60.7 Å². The maximum Gasteiger partial charge on any atom is 0.0717 e. The Bertz CT molecular complexity index is 505. The molecule has 0 saturated carbocycles. The fourth-order valence-electron chi connectivity index (χ4n) is 2.55. The Balaban J connectivity index is 1.62. The first kappa shape index (κ1) is 12.4. The van der Waals surface area contributed by atoms with Crippen LogP contribution in [0.25, 0.3) is 0 Å². The van der Waals surface area contributed by atoms with Gasteiger partial charge < -0.3 is 10.1 Å². The molecule has 0 aliphatic carbocycles. The molecule has 1 aliphatic heterocycles. The van der Waals surface area contributed by atoms with E-state index in [1.165, 1.54) is 11.1 Å². The van der Waals surface area contributed by atoms with Crippen molar-refractivity contribution in [3.05, 3.63) is 71.8 Å². The fourth-order valence-corrected chi connectivity index (χ4v) is 2.55. The van der Waals surface area contributed by atoms with Crippen LogP contribution in [0.4, 0.5) is 0 Å². The second-order valence-corrected chi connectivity index (χ2v) is 5.23. The van der Waals surface area contributed by atoms with Crippen molar-refractivity contribution >= 4 is 0 Å². The number of rotatable bonds is 5. The van der Waals surface area contributed by atoms with Crippen LogP contribution in [0.5, 0.6) is 0 Å². The zero-order chi connectivity index (χ0) is 13.0. The first-order valence-corrected chi connectivity index (χ1v) is 6.77. The molecule has 1 fully saturated rings. The number of benzene rings is 2. The molecule has 2 nitrogen and oxygen atoms in total. The van der Waals surface area contributed by atoms with Crippen LogP contribution in [0.2, 0.25) is 0 Å². The summed E-state index contributed by atoms with van der Waals surface area (Å²) in [6, 6.07) is 21.0. The second kappa shape index (κ2) is 5.55. The lowest BCUT2D eigenvalue weighted by Crippen LogP contribution is -2.59. The Labute approximate surface area is 114 Å². The Morgan fingerprint density at radius 2 is 1.53 bits per heavy atom. The van der Waals surface area contributed by atoms with Gasteiger partial charge in [0.05, 0.1) is 13.2 Å². The van der Waals surface area contributed by atoms with Crippen molar-refractivity contribution in [1.82, 2.24) is 5.32 Å². The Hall–Kier alpha value is -1.64. The summed E-state index contributed by atoms with van der Waals surface area (Å²) in [4.78, 5) is 0. The molecular weight excluding hydrogens is 234 g/mol. The lowest BCUT2D eigenvalue weighted by molar-refractivity contribution is 0.0472. The van der Waals surface area contributed by atoms with E-state index in [-0.39, 0.29) is 5.41 Å². The number of nitrogens with one attached hydrogen (secondary N) is 1. The summed E-state index contributed by atoms with van der Waals surface area (Å²) >= 11 is 0. The zero-order valence-corrected chi connectivity index (χ0v) is 11.0. The maximum atomic E-state index is 5.94. The van der Waals surface area contributed by atoms with Crippen molar-refractivity contribution in [2.75, 3.05) is 19.7 Å². The average Bonchev–Trinajstić information content (AvgIpc) is 2.44. The monoisotopic (exact) mass is 253 g/mol. The topological polar surface area (TPSA) is 21.3 Å². The van der Waals surface area contributed by atoms with Crippen molar-refractivity contribution in [2.24, 2.45) is 0 Å². The third-order valence-electron chi connectivity index (χ3n) is 3.80. The third kappa shape index (κ3) is 2.70. The molecular formula is C17H19NO. The molecule has 1 heterocycles. The summed E-state index contributed by atoms with van der Waals surface area (Å²) in [7, 11) is 0. The molecule has 1 N–H and O–H groups in total. The van der Waals surface area contributed by atoms with E-state index in [2.05, 4.69) is 59.9 Å². The van der Waals surface area contributed by atoms with Gasteiger partial charge in [-0.05, 0) is 11.1 Å². The number of ether oxygens (including phenoxy) is 1. The van der Waals surface area contributed by atoms with Crippen LogP contribution >= 0.6 is 0 Å². The van der Waals surface area contributed by atoms with E-state index in [0.29, 0.717) is 6.61 Å². The van der Waals surface area contributed by atoms with E-state index in [0.717, 1.165) is 19.7 Å². The third-order valence-corrected chi connectivity index (χ3v) is 3.80. The number of hydrogen-bond acceptors (Lipinski definition) is 2. The second-order valence-electron chi connectivity index (χ2n) is 5.23. The molecule has 0 bridgehead atoms. The minimum Gasteiger partial charge on any atom is -0.376 e. The van der Waals surface area contributed by atoms with Crippen LogP contribution in [-0.2, 0) is 16.8 Å². The standard InChI is InChI=1S/C17H19NO/c1-3-7-15(8-4-1)11-19-14-17(12-18-13-17)16-9-5-2-6-10-16/h1-10,18H,11-14H2. The van der Waals surface area contributed by atoms with Crippen LogP contribution in [0.1, 0.15) is 11.1 Å². The normalized spacial score (nSPS) is 16.8. The van der Waals surface area contributed by atoms with Crippen LogP contribution < -0.4 is 5.32 Å². The molecule has 0 unspecified atom stereocenters. The van der Waals surface area contributed by atoms with Crippen molar-refractivity contribution in [2.45, 2.75) is 12.0 Å².